The van der Waals surface area contributed by atoms with Crippen molar-refractivity contribution in [2.75, 3.05) is 41.5 Å². The van der Waals surface area contributed by atoms with Crippen LogP contribution in [0.4, 0.5) is 4.79 Å². The van der Waals surface area contributed by atoms with Gasteiger partial charge in [0.25, 0.3) is 0 Å². The van der Waals surface area contributed by atoms with Gasteiger partial charge in [0.15, 0.2) is 0 Å². The van der Waals surface area contributed by atoms with Gasteiger partial charge in [-0.05, 0) is 64.0 Å². The zero-order chi connectivity index (χ0) is 55.2. The number of likely N-dealkylation sites (N-methyl/N-ethyl adjacent to an activating group) is 2. The van der Waals surface area contributed by atoms with Crippen LogP contribution in [0, 0.1) is 23.7 Å². The van der Waals surface area contributed by atoms with Crippen molar-refractivity contribution in [2.24, 2.45) is 23.7 Å². The highest BCUT2D eigenvalue weighted by Gasteiger charge is 2.44. The molecule has 0 unspecified atom stereocenters. The quantitative estimate of drug-likeness (QED) is 0.0614. The molecule has 0 spiro atoms. The molecule has 15 nitrogen and oxygen atoms in total. The number of amides is 5. The second-order valence-electron chi connectivity index (χ2n) is 21.3. The minimum absolute atomic E-state index is 0.0550. The number of benzene rings is 4. The summed E-state index contributed by atoms with van der Waals surface area (Å²) in [6.07, 6.45) is -0.0319. The first kappa shape index (κ1) is 58.7. The average molecular weight is 1040 g/mol. The number of nitrogens with zero attached hydrogens (tertiary/aromatic N) is 3. The van der Waals surface area contributed by atoms with Crippen molar-refractivity contribution >= 4 is 35.7 Å². The molecule has 2 N–H and O–H groups in total. The predicted molar refractivity (Wildman–Crippen MR) is 293 cm³/mol. The SMILES string of the molecule is CC[C@H](C)[C@@H]([C@@H](CC(=O)N1CCC[C@H]1[C@H](OC)[C@@H](C)C(=O)N[C@@H](Cc1ccccc1)C(=O)OCc1ccccc1)OC)N(C)C(=O)[C@@H](NC(=O)[C@H](C(C)C)N(C)C(=O)OCC1c2ccccc2-c2ccccc21)C(C)C. The molecule has 4 aromatic rings. The third-order valence-electron chi connectivity index (χ3n) is 15.5. The second-order valence-corrected chi connectivity index (χ2v) is 21.3. The fraction of sp³-hybridized carbons (Fsp3) is 0.508. The van der Waals surface area contributed by atoms with Crippen LogP contribution < -0.4 is 10.6 Å². The number of esters is 1. The van der Waals surface area contributed by atoms with Gasteiger partial charge in [-0.15, -0.1) is 0 Å². The molecule has 1 heterocycles. The topological polar surface area (TPSA) is 173 Å². The highest BCUT2D eigenvalue weighted by Crippen LogP contribution is 2.44. The zero-order valence-corrected chi connectivity index (χ0v) is 46.4. The first-order chi connectivity index (χ1) is 36.4. The number of likely N-dealkylation sites (tertiary alicyclic amines) is 1. The minimum atomic E-state index is -0.981. The number of nitrogens with one attached hydrogen (secondary N) is 2. The van der Waals surface area contributed by atoms with Crippen molar-refractivity contribution in [1.82, 2.24) is 25.3 Å². The highest BCUT2D eigenvalue weighted by atomic mass is 16.6. The summed E-state index contributed by atoms with van der Waals surface area (Å²) in [7, 11) is 6.28. The van der Waals surface area contributed by atoms with Gasteiger partial charge < -0.3 is 39.4 Å². The van der Waals surface area contributed by atoms with Gasteiger partial charge in [-0.2, -0.15) is 0 Å². The van der Waals surface area contributed by atoms with Crippen LogP contribution in [-0.4, -0.2) is 134 Å². The number of carbonyl (C=O) groups is 6. The third kappa shape index (κ3) is 14.1. The maximum atomic E-state index is 14.8. The smallest absolute Gasteiger partial charge is 0.410 e. The van der Waals surface area contributed by atoms with Gasteiger partial charge in [0.1, 0.15) is 31.3 Å². The molecule has 5 amide bonds. The number of carbonyl (C=O) groups excluding carboxylic acids is 6. The minimum Gasteiger partial charge on any atom is -0.459 e. The third-order valence-corrected chi connectivity index (χ3v) is 15.5. The molecule has 0 bridgehead atoms. The molecule has 0 radical (unpaired) electrons. The molecule has 15 heteroatoms. The maximum absolute atomic E-state index is 14.8. The normalized spacial score (nSPS) is 17.3. The van der Waals surface area contributed by atoms with Crippen LogP contribution in [-0.2, 0) is 55.9 Å². The van der Waals surface area contributed by atoms with E-state index >= 15 is 0 Å². The van der Waals surface area contributed by atoms with Crippen molar-refractivity contribution < 1.29 is 47.7 Å². The summed E-state index contributed by atoms with van der Waals surface area (Å²) in [5.74, 6) is -3.78. The molecular formula is C61H81N5O10. The van der Waals surface area contributed by atoms with E-state index in [1.807, 2.05) is 139 Å². The van der Waals surface area contributed by atoms with E-state index in [4.69, 9.17) is 18.9 Å². The summed E-state index contributed by atoms with van der Waals surface area (Å²) in [5.41, 5.74) is 6.04. The molecule has 0 saturated carbocycles. The molecule has 1 saturated heterocycles. The first-order valence-electron chi connectivity index (χ1n) is 27.0. The summed E-state index contributed by atoms with van der Waals surface area (Å²) in [5, 5.41) is 5.96. The zero-order valence-electron chi connectivity index (χ0n) is 46.4. The van der Waals surface area contributed by atoms with E-state index < -0.39 is 72.2 Å². The van der Waals surface area contributed by atoms with Crippen molar-refractivity contribution in [2.45, 2.75) is 136 Å². The van der Waals surface area contributed by atoms with E-state index in [2.05, 4.69) is 22.8 Å². The lowest BCUT2D eigenvalue weighted by Gasteiger charge is -2.41. The summed E-state index contributed by atoms with van der Waals surface area (Å²) in [6.45, 7) is 13.7. The molecule has 0 aromatic heterocycles. The van der Waals surface area contributed by atoms with E-state index in [9.17, 15) is 28.8 Å². The molecule has 9 atom stereocenters. The fourth-order valence-electron chi connectivity index (χ4n) is 11.2. The largest absolute Gasteiger partial charge is 0.459 e. The lowest BCUT2D eigenvalue weighted by Crippen LogP contribution is -2.60. The predicted octanol–water partition coefficient (Wildman–Crippen LogP) is 8.42. The van der Waals surface area contributed by atoms with E-state index in [1.165, 1.54) is 19.1 Å². The molecule has 410 valence electrons. The van der Waals surface area contributed by atoms with E-state index in [0.717, 1.165) is 33.4 Å². The number of rotatable bonds is 25. The standard InChI is InChI=1S/C61H81N5O10/c1-12-40(6)55(64(8)59(70)53(38(2)3)63-58(69)54(39(4)5)65(9)61(72)76-37-48-46-30-21-19-28-44(46)45-29-20-22-31-47(45)48)51(73-10)35-52(67)66-33-23-32-50(66)56(74-11)41(7)57(68)62-49(34-42-24-15-13-16-25-42)60(71)75-36-43-26-17-14-18-27-43/h13-22,24-31,38-41,48-51,53-56H,12,23,32-37H2,1-11H3,(H,62,68)(H,63,69)/t40-,41+,49-,50-,51+,53-,54-,55-,56+/m0/s1. The first-order valence-corrected chi connectivity index (χ1v) is 27.0. The van der Waals surface area contributed by atoms with Crippen LogP contribution in [0.2, 0.25) is 0 Å². The molecule has 4 aromatic carbocycles. The van der Waals surface area contributed by atoms with Crippen LogP contribution in [0.5, 0.6) is 0 Å². The number of ether oxygens (including phenoxy) is 4. The molecule has 1 fully saturated rings. The van der Waals surface area contributed by atoms with Gasteiger partial charge in [0.05, 0.1) is 36.6 Å². The Morgan fingerprint density at radius 2 is 1.26 bits per heavy atom. The molecule has 1 aliphatic heterocycles. The van der Waals surface area contributed by atoms with Gasteiger partial charge in [-0.25, -0.2) is 9.59 Å². The van der Waals surface area contributed by atoms with Gasteiger partial charge in [-0.3, -0.25) is 24.1 Å². The van der Waals surface area contributed by atoms with Crippen molar-refractivity contribution in [3.63, 3.8) is 0 Å². The Morgan fingerprint density at radius 1 is 0.684 bits per heavy atom. The molecule has 1 aliphatic carbocycles. The van der Waals surface area contributed by atoms with Crippen LogP contribution in [0.1, 0.15) is 102 Å². The Hall–Kier alpha value is -6.58. The van der Waals surface area contributed by atoms with Gasteiger partial charge in [-0.1, -0.05) is 164 Å². The van der Waals surface area contributed by atoms with Crippen LogP contribution in [0.25, 0.3) is 11.1 Å². The Balaban J connectivity index is 1.11. The van der Waals surface area contributed by atoms with Gasteiger partial charge in [0, 0.05) is 47.2 Å². The van der Waals surface area contributed by atoms with Gasteiger partial charge in [0.2, 0.25) is 23.6 Å². The van der Waals surface area contributed by atoms with Crippen molar-refractivity contribution in [3.8, 4) is 11.1 Å². The maximum Gasteiger partial charge on any atom is 0.410 e. The summed E-state index contributed by atoms with van der Waals surface area (Å²) < 4.78 is 23.8. The molecule has 6 rings (SSSR count). The Bertz CT molecular complexity index is 2530. The Kier molecular flexibility index (Phi) is 21.2. The second kappa shape index (κ2) is 27.5. The number of hydrogen-bond donors (Lipinski definition) is 2. The lowest BCUT2D eigenvalue weighted by atomic mass is 9.89. The Morgan fingerprint density at radius 3 is 1.82 bits per heavy atom. The van der Waals surface area contributed by atoms with E-state index in [1.54, 1.807) is 30.8 Å². The average Bonchev–Trinajstić information content (AvgIpc) is 4.05. The summed E-state index contributed by atoms with van der Waals surface area (Å²) >= 11 is 0. The van der Waals surface area contributed by atoms with E-state index in [0.29, 0.717) is 25.8 Å². The number of hydrogen-bond acceptors (Lipinski definition) is 10. The molecule has 76 heavy (non-hydrogen) atoms. The van der Waals surface area contributed by atoms with Crippen molar-refractivity contribution in [3.05, 3.63) is 131 Å². The van der Waals surface area contributed by atoms with Gasteiger partial charge >= 0.3 is 12.1 Å². The summed E-state index contributed by atoms with van der Waals surface area (Å²) in [4.78, 5) is 90.0. The molecule has 2 aliphatic rings. The number of fused-ring (bicyclic) bond motifs is 3. The van der Waals surface area contributed by atoms with E-state index in [-0.39, 0.29) is 61.5 Å². The monoisotopic (exact) mass is 1040 g/mol. The Labute approximate surface area is 450 Å². The lowest BCUT2D eigenvalue weighted by molar-refractivity contribution is -0.151. The fourth-order valence-corrected chi connectivity index (χ4v) is 11.2. The van der Waals surface area contributed by atoms with Crippen LogP contribution in [0.3, 0.4) is 0 Å². The van der Waals surface area contributed by atoms with Crippen molar-refractivity contribution in [1.29, 1.82) is 0 Å². The number of methoxy groups -OCH3 is 2. The van der Waals surface area contributed by atoms with Crippen LogP contribution >= 0.6 is 0 Å². The highest BCUT2D eigenvalue weighted by molar-refractivity contribution is 5.92. The molecular weight excluding hydrogens is 963 g/mol. The summed E-state index contributed by atoms with van der Waals surface area (Å²) in [6, 6.07) is 31.0. The van der Waals surface area contributed by atoms with Crippen LogP contribution in [0.15, 0.2) is 109 Å².